The second kappa shape index (κ2) is 12.9. The van der Waals surface area contributed by atoms with E-state index in [0.717, 1.165) is 49.0 Å². The van der Waals surface area contributed by atoms with Crippen molar-refractivity contribution in [2.45, 2.75) is 38.8 Å². The Labute approximate surface area is 212 Å². The fraction of sp³-hybridized carbons (Fsp3) is 0.478. The van der Waals surface area contributed by atoms with Crippen LogP contribution in [-0.4, -0.2) is 54.1 Å². The van der Waals surface area contributed by atoms with Crippen molar-refractivity contribution in [1.82, 2.24) is 20.1 Å². The normalized spacial score (nSPS) is 13.3. The maximum Gasteiger partial charge on any atom is 0.258 e. The lowest BCUT2D eigenvalue weighted by Crippen LogP contribution is -2.39. The zero-order valence-electron chi connectivity index (χ0n) is 18.9. The number of guanidine groups is 1. The van der Waals surface area contributed by atoms with Crippen LogP contribution in [0, 0.1) is 0 Å². The van der Waals surface area contributed by atoms with E-state index in [-0.39, 0.29) is 36.5 Å². The van der Waals surface area contributed by atoms with Crippen LogP contribution in [-0.2, 0) is 24.8 Å². The number of rotatable bonds is 10. The first-order valence-electron chi connectivity index (χ1n) is 10.8. The van der Waals surface area contributed by atoms with Crippen molar-refractivity contribution in [3.8, 4) is 5.75 Å². The van der Waals surface area contributed by atoms with Gasteiger partial charge in [-0.25, -0.2) is 0 Å². The first-order valence-corrected chi connectivity index (χ1v) is 11.1. The number of carbonyl (C=O) groups is 1. The SMILES string of the molecule is CCNC(=NCCc1ccc(OCC(=O)NC2CC2)cc1)N(C)Cc1cc(Cl)cn1C.I. The molecule has 9 heteroatoms. The summed E-state index contributed by atoms with van der Waals surface area (Å²) in [5.74, 6) is 1.51. The highest BCUT2D eigenvalue weighted by molar-refractivity contribution is 14.0. The smallest absolute Gasteiger partial charge is 0.258 e. The first kappa shape index (κ1) is 26.3. The predicted molar refractivity (Wildman–Crippen MR) is 140 cm³/mol. The number of aliphatic imine (C=N–C) groups is 1. The molecular formula is C23H33ClIN5O2. The molecule has 0 aliphatic heterocycles. The van der Waals surface area contributed by atoms with Gasteiger partial charge in [0, 0.05) is 45.1 Å². The lowest BCUT2D eigenvalue weighted by Gasteiger charge is -2.22. The maximum atomic E-state index is 11.7. The molecule has 0 saturated heterocycles. The number of aryl methyl sites for hydroxylation is 1. The van der Waals surface area contributed by atoms with Crippen LogP contribution in [0.2, 0.25) is 5.02 Å². The van der Waals surface area contributed by atoms with E-state index in [1.807, 2.05) is 55.2 Å². The summed E-state index contributed by atoms with van der Waals surface area (Å²) >= 11 is 6.10. The summed E-state index contributed by atoms with van der Waals surface area (Å²) in [6.45, 7) is 4.31. The van der Waals surface area contributed by atoms with Crippen LogP contribution in [0.4, 0.5) is 0 Å². The molecule has 1 aromatic heterocycles. The van der Waals surface area contributed by atoms with Gasteiger partial charge in [-0.3, -0.25) is 9.79 Å². The average Bonchev–Trinajstić information content (AvgIpc) is 3.49. The molecule has 1 aliphatic rings. The van der Waals surface area contributed by atoms with E-state index >= 15 is 0 Å². The van der Waals surface area contributed by atoms with Crippen LogP contribution < -0.4 is 15.4 Å². The van der Waals surface area contributed by atoms with E-state index in [4.69, 9.17) is 21.3 Å². The third-order valence-corrected chi connectivity index (χ3v) is 5.27. The van der Waals surface area contributed by atoms with Gasteiger partial charge in [0.1, 0.15) is 5.75 Å². The van der Waals surface area contributed by atoms with Gasteiger partial charge in [0.25, 0.3) is 5.91 Å². The van der Waals surface area contributed by atoms with E-state index < -0.39 is 0 Å². The molecule has 0 radical (unpaired) electrons. The van der Waals surface area contributed by atoms with Crippen molar-refractivity contribution in [3.05, 3.63) is 52.8 Å². The minimum atomic E-state index is -0.0569. The van der Waals surface area contributed by atoms with Crippen LogP contribution in [0.3, 0.4) is 0 Å². The Hall–Kier alpha value is -1.94. The highest BCUT2D eigenvalue weighted by Gasteiger charge is 2.23. The average molecular weight is 574 g/mol. The van der Waals surface area contributed by atoms with Gasteiger partial charge in [-0.1, -0.05) is 23.7 Å². The number of hydrogen-bond donors (Lipinski definition) is 2. The molecule has 1 fully saturated rings. The van der Waals surface area contributed by atoms with Crippen LogP contribution in [0.15, 0.2) is 41.5 Å². The summed E-state index contributed by atoms with van der Waals surface area (Å²) in [6.07, 6.45) is 4.88. The number of hydrogen-bond acceptors (Lipinski definition) is 3. The van der Waals surface area contributed by atoms with Crippen LogP contribution in [0.1, 0.15) is 31.0 Å². The van der Waals surface area contributed by atoms with Crippen LogP contribution in [0.25, 0.3) is 0 Å². The number of nitrogens with zero attached hydrogens (tertiary/aromatic N) is 3. The lowest BCUT2D eigenvalue weighted by atomic mass is 10.1. The second-order valence-corrected chi connectivity index (χ2v) is 8.31. The summed E-state index contributed by atoms with van der Waals surface area (Å²) < 4.78 is 7.59. The van der Waals surface area contributed by atoms with Crippen molar-refractivity contribution >= 4 is 47.4 Å². The monoisotopic (exact) mass is 573 g/mol. The van der Waals surface area contributed by atoms with E-state index in [9.17, 15) is 4.79 Å². The molecule has 2 N–H and O–H groups in total. The lowest BCUT2D eigenvalue weighted by molar-refractivity contribution is -0.123. The molecule has 0 spiro atoms. The molecule has 1 heterocycles. The molecule has 0 bridgehead atoms. The summed E-state index contributed by atoms with van der Waals surface area (Å²) in [6, 6.07) is 10.2. The van der Waals surface area contributed by atoms with E-state index in [2.05, 4.69) is 22.5 Å². The number of aromatic nitrogens is 1. The van der Waals surface area contributed by atoms with Gasteiger partial charge in [0.2, 0.25) is 0 Å². The zero-order chi connectivity index (χ0) is 22.2. The Morgan fingerprint density at radius 3 is 2.62 bits per heavy atom. The molecule has 1 saturated carbocycles. The van der Waals surface area contributed by atoms with Gasteiger partial charge in [-0.2, -0.15) is 0 Å². The standard InChI is InChI=1S/C23H32ClN5O2.HI/c1-4-25-23(29(3)15-20-13-18(24)14-28(20)2)26-12-11-17-5-9-21(10-6-17)31-16-22(30)27-19-7-8-19;/h5-6,9-10,13-14,19H,4,7-8,11-12,15-16H2,1-3H3,(H,25,26)(H,27,30);1H. The molecule has 7 nitrogen and oxygen atoms in total. The third-order valence-electron chi connectivity index (χ3n) is 5.07. The molecule has 0 unspecified atom stereocenters. The van der Waals surface area contributed by atoms with Gasteiger partial charge in [-0.15, -0.1) is 24.0 Å². The predicted octanol–water partition coefficient (Wildman–Crippen LogP) is 3.59. The summed E-state index contributed by atoms with van der Waals surface area (Å²) in [7, 11) is 4.01. The molecule has 1 aromatic carbocycles. The molecule has 1 aliphatic carbocycles. The fourth-order valence-corrected chi connectivity index (χ4v) is 3.47. The Bertz CT molecular complexity index is 896. The summed E-state index contributed by atoms with van der Waals surface area (Å²) in [4.78, 5) is 18.6. The van der Waals surface area contributed by atoms with Gasteiger partial charge in [-0.05, 0) is 49.9 Å². The molecule has 32 heavy (non-hydrogen) atoms. The van der Waals surface area contributed by atoms with E-state index in [0.29, 0.717) is 18.3 Å². The summed E-state index contributed by atoms with van der Waals surface area (Å²) in [5.41, 5.74) is 2.30. The molecule has 0 atom stereocenters. The topological polar surface area (TPSA) is 70.9 Å². The molecular weight excluding hydrogens is 541 g/mol. The molecule has 176 valence electrons. The minimum absolute atomic E-state index is 0. The van der Waals surface area contributed by atoms with Gasteiger partial charge in [0.15, 0.2) is 12.6 Å². The number of halogens is 2. The Morgan fingerprint density at radius 2 is 2.03 bits per heavy atom. The van der Waals surface area contributed by atoms with Crippen molar-refractivity contribution in [2.24, 2.45) is 12.0 Å². The maximum absolute atomic E-state index is 11.7. The number of benzene rings is 1. The number of nitrogens with one attached hydrogen (secondary N) is 2. The largest absolute Gasteiger partial charge is 0.484 e. The Morgan fingerprint density at radius 1 is 1.31 bits per heavy atom. The Balaban J connectivity index is 0.00000363. The fourth-order valence-electron chi connectivity index (χ4n) is 3.20. The summed E-state index contributed by atoms with van der Waals surface area (Å²) in [5, 5.41) is 7.00. The Kier molecular flexibility index (Phi) is 10.6. The van der Waals surface area contributed by atoms with Crippen molar-refractivity contribution in [2.75, 3.05) is 26.7 Å². The third kappa shape index (κ3) is 8.54. The zero-order valence-corrected chi connectivity index (χ0v) is 22.0. The number of ether oxygens (including phenoxy) is 1. The highest BCUT2D eigenvalue weighted by atomic mass is 127. The molecule has 3 rings (SSSR count). The van der Waals surface area contributed by atoms with Crippen LogP contribution >= 0.6 is 35.6 Å². The number of amides is 1. The minimum Gasteiger partial charge on any atom is -0.484 e. The van der Waals surface area contributed by atoms with Gasteiger partial charge < -0.3 is 24.8 Å². The van der Waals surface area contributed by atoms with E-state index in [1.165, 1.54) is 5.56 Å². The van der Waals surface area contributed by atoms with E-state index in [1.54, 1.807) is 0 Å². The van der Waals surface area contributed by atoms with Crippen molar-refractivity contribution in [3.63, 3.8) is 0 Å². The second-order valence-electron chi connectivity index (χ2n) is 7.88. The number of carbonyl (C=O) groups excluding carboxylic acids is 1. The molecule has 2 aromatic rings. The van der Waals surface area contributed by atoms with Crippen LogP contribution in [0.5, 0.6) is 5.75 Å². The van der Waals surface area contributed by atoms with Crippen molar-refractivity contribution in [1.29, 1.82) is 0 Å². The first-order chi connectivity index (χ1) is 14.9. The quantitative estimate of drug-likeness (QED) is 0.259. The highest BCUT2D eigenvalue weighted by Crippen LogP contribution is 2.18. The van der Waals surface area contributed by atoms with Crippen molar-refractivity contribution < 1.29 is 9.53 Å². The van der Waals surface area contributed by atoms with Gasteiger partial charge in [0.05, 0.1) is 11.6 Å². The van der Waals surface area contributed by atoms with Gasteiger partial charge >= 0.3 is 0 Å². The molecule has 1 amide bonds.